The molecule has 0 aliphatic heterocycles. The van der Waals surface area contributed by atoms with E-state index in [4.69, 9.17) is 22.7 Å². The fraction of sp³-hybridized carbons (Fsp3) is 0.533. The lowest BCUT2D eigenvalue weighted by atomic mass is 10.1. The van der Waals surface area contributed by atoms with Crippen molar-refractivity contribution < 1.29 is 9.84 Å². The zero-order valence-corrected chi connectivity index (χ0v) is 13.2. The Morgan fingerprint density at radius 3 is 2.60 bits per heavy atom. The van der Waals surface area contributed by atoms with Crippen LogP contribution in [-0.4, -0.2) is 46.8 Å². The number of benzene rings is 1. The molecule has 4 nitrogen and oxygen atoms in total. The molecular formula is C15H24N2O2S. The van der Waals surface area contributed by atoms with Crippen molar-refractivity contribution >= 4 is 17.2 Å². The van der Waals surface area contributed by atoms with E-state index < -0.39 is 5.60 Å². The first-order valence-electron chi connectivity index (χ1n) is 6.80. The van der Waals surface area contributed by atoms with Crippen LogP contribution in [0.1, 0.15) is 26.3 Å². The molecule has 1 aromatic carbocycles. The molecule has 0 amide bonds. The van der Waals surface area contributed by atoms with Gasteiger partial charge in [-0.05, 0) is 32.5 Å². The lowest BCUT2D eigenvalue weighted by Crippen LogP contribution is -2.40. The van der Waals surface area contributed by atoms with Gasteiger partial charge in [-0.1, -0.05) is 31.3 Å². The van der Waals surface area contributed by atoms with Crippen molar-refractivity contribution in [3.05, 3.63) is 29.8 Å². The van der Waals surface area contributed by atoms with Crippen LogP contribution >= 0.6 is 12.2 Å². The maximum absolute atomic E-state index is 9.84. The van der Waals surface area contributed by atoms with Gasteiger partial charge in [-0.25, -0.2) is 0 Å². The number of rotatable bonds is 8. The van der Waals surface area contributed by atoms with Crippen LogP contribution in [0.3, 0.4) is 0 Å². The molecule has 0 saturated carbocycles. The van der Waals surface area contributed by atoms with Gasteiger partial charge in [-0.15, -0.1) is 0 Å². The fourth-order valence-electron chi connectivity index (χ4n) is 1.98. The average Bonchev–Trinajstić information content (AvgIpc) is 2.36. The Kier molecular flexibility index (Phi) is 6.39. The second kappa shape index (κ2) is 7.57. The van der Waals surface area contributed by atoms with Gasteiger partial charge >= 0.3 is 0 Å². The Hall–Kier alpha value is -1.17. The van der Waals surface area contributed by atoms with Crippen molar-refractivity contribution in [2.75, 3.05) is 26.2 Å². The monoisotopic (exact) mass is 296 g/mol. The topological polar surface area (TPSA) is 58.7 Å². The van der Waals surface area contributed by atoms with Gasteiger partial charge in [-0.2, -0.15) is 0 Å². The molecule has 5 heteroatoms. The Balaban J connectivity index is 2.53. The van der Waals surface area contributed by atoms with Gasteiger partial charge in [0.15, 0.2) is 0 Å². The van der Waals surface area contributed by atoms with Crippen molar-refractivity contribution in [3.8, 4) is 5.75 Å². The van der Waals surface area contributed by atoms with Gasteiger partial charge in [-0.3, -0.25) is 4.90 Å². The number of hydrogen-bond acceptors (Lipinski definition) is 4. The molecule has 3 N–H and O–H groups in total. The minimum absolute atomic E-state index is 0.337. The Morgan fingerprint density at radius 1 is 1.40 bits per heavy atom. The normalized spacial score (nSPS) is 11.7. The summed E-state index contributed by atoms with van der Waals surface area (Å²) in [6.07, 6.45) is 0. The highest BCUT2D eigenvalue weighted by Gasteiger charge is 2.17. The van der Waals surface area contributed by atoms with Gasteiger partial charge < -0.3 is 15.6 Å². The summed E-state index contributed by atoms with van der Waals surface area (Å²) in [5, 5.41) is 9.84. The first kappa shape index (κ1) is 16.9. The van der Waals surface area contributed by atoms with Crippen molar-refractivity contribution in [3.63, 3.8) is 0 Å². The van der Waals surface area contributed by atoms with Gasteiger partial charge in [0.2, 0.25) is 0 Å². The molecule has 0 bridgehead atoms. The predicted octanol–water partition coefficient (Wildman–Crippen LogP) is 1.79. The lowest BCUT2D eigenvalue weighted by molar-refractivity contribution is 0.0340. The van der Waals surface area contributed by atoms with E-state index in [1.54, 1.807) is 13.8 Å². The highest BCUT2D eigenvalue weighted by atomic mass is 32.1. The van der Waals surface area contributed by atoms with E-state index in [1.807, 2.05) is 24.3 Å². The summed E-state index contributed by atoms with van der Waals surface area (Å²) in [6, 6.07) is 7.49. The summed E-state index contributed by atoms with van der Waals surface area (Å²) in [5.41, 5.74) is 5.72. The molecule has 0 fully saturated rings. The molecule has 0 heterocycles. The summed E-state index contributed by atoms with van der Waals surface area (Å²) < 4.78 is 5.75. The van der Waals surface area contributed by atoms with Crippen molar-refractivity contribution in [1.29, 1.82) is 0 Å². The van der Waals surface area contributed by atoms with Gasteiger partial charge in [0, 0.05) is 13.1 Å². The molecule has 0 unspecified atom stereocenters. The second-order valence-corrected chi connectivity index (χ2v) is 5.83. The molecule has 1 rings (SSSR count). The average molecular weight is 296 g/mol. The molecule has 20 heavy (non-hydrogen) atoms. The van der Waals surface area contributed by atoms with Crippen molar-refractivity contribution in [1.82, 2.24) is 4.90 Å². The summed E-state index contributed by atoms with van der Waals surface area (Å²) >= 11 is 5.00. The highest BCUT2D eigenvalue weighted by Crippen LogP contribution is 2.17. The molecule has 0 aliphatic rings. The molecule has 112 valence electrons. The molecule has 0 aromatic heterocycles. The predicted molar refractivity (Wildman–Crippen MR) is 86.2 cm³/mol. The molecule has 0 spiro atoms. The number of para-hydroxylation sites is 1. The molecule has 0 radical (unpaired) electrons. The maximum Gasteiger partial charge on any atom is 0.129 e. The van der Waals surface area contributed by atoms with Crippen LogP contribution in [0, 0.1) is 0 Å². The van der Waals surface area contributed by atoms with Crippen LogP contribution in [0.25, 0.3) is 0 Å². The van der Waals surface area contributed by atoms with E-state index in [2.05, 4.69) is 11.8 Å². The summed E-state index contributed by atoms with van der Waals surface area (Å²) in [6.45, 7) is 8.43. The van der Waals surface area contributed by atoms with Crippen LogP contribution in [0.5, 0.6) is 5.75 Å². The minimum atomic E-state index is -0.702. The second-order valence-electron chi connectivity index (χ2n) is 5.39. The van der Waals surface area contributed by atoms with Gasteiger partial charge in [0.25, 0.3) is 0 Å². The van der Waals surface area contributed by atoms with Gasteiger partial charge in [0.05, 0.1) is 11.2 Å². The SMILES string of the molecule is CCN(CCOc1ccccc1C(N)=S)CC(C)(C)O. The highest BCUT2D eigenvalue weighted by molar-refractivity contribution is 7.80. The van der Waals surface area contributed by atoms with Crippen LogP contribution in [0.4, 0.5) is 0 Å². The van der Waals surface area contributed by atoms with E-state index in [-0.39, 0.29) is 0 Å². The summed E-state index contributed by atoms with van der Waals surface area (Å²) in [7, 11) is 0. The molecule has 0 atom stereocenters. The standard InChI is InChI=1S/C15H24N2O2S/c1-4-17(11-15(2,3)18)9-10-19-13-8-6-5-7-12(13)14(16)20/h5-8,18H,4,9-11H2,1-3H3,(H2,16,20). The Morgan fingerprint density at radius 2 is 2.05 bits per heavy atom. The minimum Gasteiger partial charge on any atom is -0.492 e. The zero-order chi connectivity index (χ0) is 15.2. The number of thiocarbonyl (C=S) groups is 1. The smallest absolute Gasteiger partial charge is 0.129 e. The number of aliphatic hydroxyl groups is 1. The number of hydrogen-bond donors (Lipinski definition) is 2. The number of likely N-dealkylation sites (N-methyl/N-ethyl adjacent to an activating group) is 1. The first-order chi connectivity index (χ1) is 9.33. The third-order valence-electron chi connectivity index (χ3n) is 2.88. The fourth-order valence-corrected chi connectivity index (χ4v) is 2.15. The third kappa shape index (κ3) is 5.86. The van der Waals surface area contributed by atoms with Crippen LogP contribution in [-0.2, 0) is 0 Å². The summed E-state index contributed by atoms with van der Waals surface area (Å²) in [5.74, 6) is 0.708. The van der Waals surface area contributed by atoms with Crippen molar-refractivity contribution in [2.45, 2.75) is 26.4 Å². The van der Waals surface area contributed by atoms with Crippen LogP contribution < -0.4 is 10.5 Å². The summed E-state index contributed by atoms with van der Waals surface area (Å²) in [4.78, 5) is 2.48. The molecular weight excluding hydrogens is 272 g/mol. The Labute approximate surface area is 126 Å². The third-order valence-corrected chi connectivity index (χ3v) is 3.10. The molecule has 0 saturated heterocycles. The molecule has 0 aliphatic carbocycles. The van der Waals surface area contributed by atoms with E-state index in [0.717, 1.165) is 18.7 Å². The number of nitrogens with two attached hydrogens (primary N) is 1. The van der Waals surface area contributed by atoms with E-state index in [9.17, 15) is 5.11 Å². The number of nitrogens with zero attached hydrogens (tertiary/aromatic N) is 1. The van der Waals surface area contributed by atoms with Crippen LogP contribution in [0.15, 0.2) is 24.3 Å². The zero-order valence-electron chi connectivity index (χ0n) is 12.4. The largest absolute Gasteiger partial charge is 0.492 e. The Bertz CT molecular complexity index is 444. The quantitative estimate of drug-likeness (QED) is 0.716. The maximum atomic E-state index is 9.84. The number of ether oxygens (including phenoxy) is 1. The van der Waals surface area contributed by atoms with E-state index in [1.165, 1.54) is 0 Å². The molecule has 1 aromatic rings. The van der Waals surface area contributed by atoms with E-state index >= 15 is 0 Å². The lowest BCUT2D eigenvalue weighted by Gasteiger charge is -2.27. The first-order valence-corrected chi connectivity index (χ1v) is 7.20. The van der Waals surface area contributed by atoms with E-state index in [0.29, 0.717) is 23.9 Å². The van der Waals surface area contributed by atoms with Crippen molar-refractivity contribution in [2.24, 2.45) is 5.73 Å². The van der Waals surface area contributed by atoms with Crippen LogP contribution in [0.2, 0.25) is 0 Å². The van der Waals surface area contributed by atoms with Gasteiger partial charge in [0.1, 0.15) is 17.3 Å².